The van der Waals surface area contributed by atoms with Crippen LogP contribution in [0.25, 0.3) is 6.08 Å². The Labute approximate surface area is 245 Å². The van der Waals surface area contributed by atoms with Gasteiger partial charge >= 0.3 is 0 Å². The first kappa shape index (κ1) is 29.7. The maximum atomic E-state index is 13.6. The number of carbonyl (C=O) groups is 1. The number of amides is 1. The molecule has 2 saturated heterocycles. The third-order valence-electron chi connectivity index (χ3n) is 7.55. The average molecular weight is 581 g/mol. The summed E-state index contributed by atoms with van der Waals surface area (Å²) in [6.45, 7) is 10.6. The second kappa shape index (κ2) is 12.5. The number of nitriles is 1. The Bertz CT molecular complexity index is 1450. The molecule has 4 rings (SSSR count). The van der Waals surface area contributed by atoms with Gasteiger partial charge in [-0.15, -0.1) is 0 Å². The molecule has 1 amide bonds. The molecule has 2 aliphatic rings. The summed E-state index contributed by atoms with van der Waals surface area (Å²) >= 11 is 6.88. The largest absolute Gasteiger partial charge is 0.493 e. The molecule has 3 heterocycles. The lowest BCUT2D eigenvalue weighted by Gasteiger charge is -2.38. The van der Waals surface area contributed by atoms with Crippen molar-refractivity contribution in [2.75, 3.05) is 38.8 Å². The third-order valence-corrected chi connectivity index (χ3v) is 8.93. The normalized spacial score (nSPS) is 20.3. The smallest absolute Gasteiger partial charge is 0.270 e. The number of aromatic nitrogens is 1. The number of thiocarbonyl (C=S) groups is 1. The van der Waals surface area contributed by atoms with Gasteiger partial charge in [0, 0.05) is 31.7 Å². The van der Waals surface area contributed by atoms with Crippen molar-refractivity contribution >= 4 is 46.1 Å². The molecule has 1 aromatic carbocycles. The summed E-state index contributed by atoms with van der Waals surface area (Å²) in [6, 6.07) is 7.81. The molecule has 2 aliphatic heterocycles. The molecule has 40 heavy (non-hydrogen) atoms. The van der Waals surface area contributed by atoms with Gasteiger partial charge in [-0.1, -0.05) is 43.9 Å². The molecule has 0 spiro atoms. The van der Waals surface area contributed by atoms with E-state index in [1.165, 1.54) is 11.8 Å². The number of methoxy groups -OCH3 is 2. The van der Waals surface area contributed by atoms with Gasteiger partial charge in [0.05, 0.1) is 19.1 Å². The van der Waals surface area contributed by atoms with E-state index in [-0.39, 0.29) is 17.0 Å². The van der Waals surface area contributed by atoms with Gasteiger partial charge in [0.15, 0.2) is 11.5 Å². The predicted molar refractivity (Wildman–Crippen MR) is 164 cm³/mol. The fourth-order valence-corrected chi connectivity index (χ4v) is 7.01. The van der Waals surface area contributed by atoms with Crippen LogP contribution in [-0.2, 0) is 17.8 Å². The molecule has 2 unspecified atom stereocenters. The second-order valence-corrected chi connectivity index (χ2v) is 12.2. The fraction of sp³-hybridized carbons (Fsp3) is 0.467. The number of pyridine rings is 1. The fourth-order valence-electron chi connectivity index (χ4n) is 5.72. The molecule has 1 aromatic heterocycles. The van der Waals surface area contributed by atoms with Crippen LogP contribution in [-0.4, -0.2) is 53.5 Å². The highest BCUT2D eigenvalue weighted by atomic mass is 32.2. The number of hydrogen-bond donors (Lipinski definition) is 0. The highest BCUT2D eigenvalue weighted by Gasteiger charge is 2.34. The van der Waals surface area contributed by atoms with Gasteiger partial charge in [0.1, 0.15) is 21.8 Å². The second-order valence-electron chi connectivity index (χ2n) is 10.5. The van der Waals surface area contributed by atoms with E-state index in [9.17, 15) is 14.9 Å². The zero-order chi connectivity index (χ0) is 29.1. The number of thioether (sulfide) groups is 1. The van der Waals surface area contributed by atoms with Crippen molar-refractivity contribution in [1.29, 1.82) is 5.26 Å². The van der Waals surface area contributed by atoms with Gasteiger partial charge in [-0.25, -0.2) is 0 Å². The number of benzene rings is 1. The first-order chi connectivity index (χ1) is 19.1. The summed E-state index contributed by atoms with van der Waals surface area (Å²) in [4.78, 5) is 31.3. The SMILES string of the molecule is CCn1c(N2CC(C)CC(C)C2)c(C=C2SC(=S)N(CCc3ccc(OC)c(OC)c3)C2=O)c(C)c(C#N)c1=O. The number of carbonyl (C=O) groups excluding carboxylic acids is 1. The molecule has 8 nitrogen and oxygen atoms in total. The van der Waals surface area contributed by atoms with E-state index in [4.69, 9.17) is 21.7 Å². The molecule has 2 atom stereocenters. The topological polar surface area (TPSA) is 87.8 Å². The molecule has 2 aromatic rings. The lowest BCUT2D eigenvalue weighted by molar-refractivity contribution is -0.122. The Kier molecular flexibility index (Phi) is 9.26. The van der Waals surface area contributed by atoms with Gasteiger partial charge < -0.3 is 14.4 Å². The highest BCUT2D eigenvalue weighted by Crippen LogP contribution is 2.37. The number of ether oxygens (including phenoxy) is 2. The summed E-state index contributed by atoms with van der Waals surface area (Å²) in [5, 5.41) is 9.86. The average Bonchev–Trinajstić information content (AvgIpc) is 3.19. The van der Waals surface area contributed by atoms with Gasteiger partial charge in [0.25, 0.3) is 11.5 Å². The van der Waals surface area contributed by atoms with E-state index in [2.05, 4.69) is 24.8 Å². The molecule has 10 heteroatoms. The Morgan fingerprint density at radius 1 is 1.15 bits per heavy atom. The number of anilines is 1. The number of piperidine rings is 1. The van der Waals surface area contributed by atoms with E-state index in [0.29, 0.717) is 57.6 Å². The number of rotatable bonds is 8. The standard InChI is InChI=1S/C30H36N4O4S2/c1-7-33-27(32-16-18(2)12-19(3)17-32)22(20(4)23(15-31)28(33)35)14-26-29(36)34(30(39)40-26)11-10-21-8-9-24(37-5)25(13-21)38-6/h8-9,13-14,18-19H,7,10-12,16-17H2,1-6H3. The van der Waals surface area contributed by atoms with Crippen molar-refractivity contribution in [3.8, 4) is 17.6 Å². The summed E-state index contributed by atoms with van der Waals surface area (Å²) in [5.74, 6) is 2.81. The quantitative estimate of drug-likeness (QED) is 0.319. The summed E-state index contributed by atoms with van der Waals surface area (Å²) in [6.07, 6.45) is 3.54. The molecule has 0 aliphatic carbocycles. The minimum Gasteiger partial charge on any atom is -0.493 e. The lowest BCUT2D eigenvalue weighted by Crippen LogP contribution is -2.42. The van der Waals surface area contributed by atoms with E-state index >= 15 is 0 Å². The molecule has 0 N–H and O–H groups in total. The molecule has 0 saturated carbocycles. The predicted octanol–water partition coefficient (Wildman–Crippen LogP) is 4.99. The van der Waals surface area contributed by atoms with Crippen LogP contribution >= 0.6 is 24.0 Å². The van der Waals surface area contributed by atoms with Crippen molar-refractivity contribution in [3.05, 3.63) is 55.7 Å². The summed E-state index contributed by atoms with van der Waals surface area (Å²) in [7, 11) is 3.19. The van der Waals surface area contributed by atoms with Crippen LogP contribution in [0.1, 0.15) is 49.4 Å². The maximum absolute atomic E-state index is 13.6. The van der Waals surface area contributed by atoms with Gasteiger partial charge in [-0.3, -0.25) is 19.1 Å². The molecular formula is C30H36N4O4S2. The Morgan fingerprint density at radius 3 is 2.42 bits per heavy atom. The minimum atomic E-state index is -0.289. The van der Waals surface area contributed by atoms with Crippen molar-refractivity contribution in [2.45, 2.75) is 47.1 Å². The van der Waals surface area contributed by atoms with Crippen molar-refractivity contribution in [3.63, 3.8) is 0 Å². The molecule has 0 radical (unpaired) electrons. The Morgan fingerprint density at radius 2 is 1.82 bits per heavy atom. The molecule has 0 bridgehead atoms. The summed E-state index contributed by atoms with van der Waals surface area (Å²) < 4.78 is 12.9. The molecule has 2 fully saturated rings. The van der Waals surface area contributed by atoms with E-state index in [1.807, 2.05) is 31.2 Å². The molecule has 212 valence electrons. The van der Waals surface area contributed by atoms with Crippen molar-refractivity contribution < 1.29 is 14.3 Å². The van der Waals surface area contributed by atoms with E-state index in [1.54, 1.807) is 30.6 Å². The van der Waals surface area contributed by atoms with Gasteiger partial charge in [0.2, 0.25) is 0 Å². The van der Waals surface area contributed by atoms with E-state index < -0.39 is 0 Å². The van der Waals surface area contributed by atoms with Crippen LogP contribution in [0.5, 0.6) is 11.5 Å². The van der Waals surface area contributed by atoms with Gasteiger partial charge in [-0.2, -0.15) is 5.26 Å². The van der Waals surface area contributed by atoms with Crippen LogP contribution in [0.2, 0.25) is 0 Å². The van der Waals surface area contributed by atoms with Crippen LogP contribution in [0.15, 0.2) is 27.9 Å². The van der Waals surface area contributed by atoms with Crippen LogP contribution in [0.4, 0.5) is 5.82 Å². The minimum absolute atomic E-state index is 0.110. The van der Waals surface area contributed by atoms with Crippen LogP contribution < -0.4 is 19.9 Å². The number of hydrogen-bond acceptors (Lipinski definition) is 8. The highest BCUT2D eigenvalue weighted by molar-refractivity contribution is 8.26. The Hall–Kier alpha value is -3.29. The first-order valence-electron chi connectivity index (χ1n) is 13.5. The lowest BCUT2D eigenvalue weighted by atomic mass is 9.91. The van der Waals surface area contributed by atoms with Crippen molar-refractivity contribution in [1.82, 2.24) is 9.47 Å². The van der Waals surface area contributed by atoms with Crippen LogP contribution in [0, 0.1) is 30.1 Å². The third kappa shape index (κ3) is 5.77. The van der Waals surface area contributed by atoms with Crippen LogP contribution in [0.3, 0.4) is 0 Å². The Balaban J connectivity index is 1.70. The maximum Gasteiger partial charge on any atom is 0.270 e. The zero-order valence-electron chi connectivity index (χ0n) is 23.9. The van der Waals surface area contributed by atoms with Gasteiger partial charge in [-0.05, 0) is 67.9 Å². The monoisotopic (exact) mass is 580 g/mol. The zero-order valence-corrected chi connectivity index (χ0v) is 25.6. The number of nitrogens with zero attached hydrogens (tertiary/aromatic N) is 4. The first-order valence-corrected chi connectivity index (χ1v) is 14.7. The summed E-state index contributed by atoms with van der Waals surface area (Å²) in [5.41, 5.74) is 2.14. The van der Waals surface area contributed by atoms with Crippen molar-refractivity contribution in [2.24, 2.45) is 11.8 Å². The molecular weight excluding hydrogens is 544 g/mol. The van der Waals surface area contributed by atoms with E-state index in [0.717, 1.165) is 36.5 Å².